The van der Waals surface area contributed by atoms with Crippen molar-refractivity contribution < 1.29 is 22.5 Å². The maximum Gasteiger partial charge on any atom is 0.264 e. The maximum absolute atomic E-state index is 12.6. The van der Waals surface area contributed by atoms with Gasteiger partial charge in [0.1, 0.15) is 12.4 Å². The van der Waals surface area contributed by atoms with Crippen LogP contribution in [0.1, 0.15) is 22.4 Å². The van der Waals surface area contributed by atoms with E-state index in [4.69, 9.17) is 9.26 Å². The molecule has 1 heterocycles. The van der Waals surface area contributed by atoms with Crippen LogP contribution in [0, 0.1) is 13.8 Å². The van der Waals surface area contributed by atoms with Crippen molar-refractivity contribution in [3.63, 3.8) is 0 Å². The Hall–Kier alpha value is -4.37. The second kappa shape index (κ2) is 10.9. The summed E-state index contributed by atoms with van der Waals surface area (Å²) in [7, 11) is -3.86. The average molecular weight is 504 g/mol. The molecule has 4 aromatic rings. The predicted octanol–water partition coefficient (Wildman–Crippen LogP) is 5.32. The summed E-state index contributed by atoms with van der Waals surface area (Å²) in [5.41, 5.74) is 3.59. The molecule has 36 heavy (non-hydrogen) atoms. The van der Waals surface area contributed by atoms with Gasteiger partial charge in [-0.3, -0.25) is 4.79 Å². The lowest BCUT2D eigenvalue weighted by molar-refractivity contribution is -0.111. The minimum absolute atomic E-state index is 0.0269. The highest BCUT2D eigenvalue weighted by molar-refractivity contribution is 7.92. The summed E-state index contributed by atoms with van der Waals surface area (Å²) >= 11 is 0. The molecule has 0 unspecified atom stereocenters. The Kier molecular flexibility index (Phi) is 7.50. The number of aryl methyl sites for hydroxylation is 1. The predicted molar refractivity (Wildman–Crippen MR) is 138 cm³/mol. The van der Waals surface area contributed by atoms with Crippen LogP contribution in [0.2, 0.25) is 0 Å². The van der Waals surface area contributed by atoms with E-state index in [1.54, 1.807) is 19.9 Å². The molecular weight excluding hydrogens is 478 g/mol. The molecule has 0 saturated heterocycles. The van der Waals surface area contributed by atoms with Gasteiger partial charge in [-0.2, -0.15) is 0 Å². The van der Waals surface area contributed by atoms with Gasteiger partial charge in [-0.25, -0.2) is 13.1 Å². The Bertz CT molecular complexity index is 1460. The zero-order valence-corrected chi connectivity index (χ0v) is 20.6. The third-order valence-corrected chi connectivity index (χ3v) is 6.72. The number of hydrogen-bond acceptors (Lipinski definition) is 6. The summed E-state index contributed by atoms with van der Waals surface area (Å²) in [5.74, 6) is 0.463. The molecule has 0 aliphatic rings. The van der Waals surface area contributed by atoms with E-state index in [0.29, 0.717) is 23.6 Å². The number of rotatable bonds is 9. The van der Waals surface area contributed by atoms with Gasteiger partial charge >= 0.3 is 0 Å². The number of nitrogens with one attached hydrogen (secondary N) is 2. The molecule has 1 aromatic heterocycles. The van der Waals surface area contributed by atoms with Crippen molar-refractivity contribution in [2.24, 2.45) is 0 Å². The second-order valence-corrected chi connectivity index (χ2v) is 9.70. The summed E-state index contributed by atoms with van der Waals surface area (Å²) < 4.78 is 38.3. The fourth-order valence-corrected chi connectivity index (χ4v) is 4.23. The average Bonchev–Trinajstić information content (AvgIpc) is 3.19. The minimum atomic E-state index is -3.86. The van der Waals surface area contributed by atoms with Crippen molar-refractivity contribution in [1.82, 2.24) is 5.16 Å². The number of nitrogens with zero attached hydrogens (tertiary/aromatic N) is 1. The van der Waals surface area contributed by atoms with E-state index in [0.717, 1.165) is 16.9 Å². The normalized spacial score (nSPS) is 11.4. The zero-order valence-electron chi connectivity index (χ0n) is 19.8. The van der Waals surface area contributed by atoms with Gasteiger partial charge in [-0.1, -0.05) is 47.6 Å². The van der Waals surface area contributed by atoms with E-state index in [1.807, 2.05) is 54.6 Å². The summed E-state index contributed by atoms with van der Waals surface area (Å²) in [4.78, 5) is 12.3. The van der Waals surface area contributed by atoms with Crippen molar-refractivity contribution in [1.29, 1.82) is 0 Å². The minimum Gasteiger partial charge on any atom is -0.489 e. The van der Waals surface area contributed by atoms with Gasteiger partial charge in [-0.15, -0.1) is 0 Å². The summed E-state index contributed by atoms with van der Waals surface area (Å²) in [5, 5.41) is 6.45. The van der Waals surface area contributed by atoms with Gasteiger partial charge in [0, 0.05) is 17.3 Å². The molecule has 184 valence electrons. The van der Waals surface area contributed by atoms with Gasteiger partial charge in [0.05, 0.1) is 10.6 Å². The monoisotopic (exact) mass is 503 g/mol. The van der Waals surface area contributed by atoms with E-state index in [9.17, 15) is 13.2 Å². The lowest BCUT2D eigenvalue weighted by Crippen LogP contribution is -2.13. The topological polar surface area (TPSA) is 111 Å². The summed E-state index contributed by atoms with van der Waals surface area (Å²) in [6, 6.07) is 23.1. The summed E-state index contributed by atoms with van der Waals surface area (Å²) in [6.45, 7) is 3.91. The number of amides is 1. The van der Waals surface area contributed by atoms with Gasteiger partial charge in [0.2, 0.25) is 11.8 Å². The van der Waals surface area contributed by atoms with Crippen LogP contribution in [0.4, 0.5) is 11.6 Å². The molecule has 0 fully saturated rings. The van der Waals surface area contributed by atoms with Crippen LogP contribution >= 0.6 is 0 Å². The molecule has 1 amide bonds. The molecule has 3 aromatic carbocycles. The van der Waals surface area contributed by atoms with Crippen LogP contribution in [-0.4, -0.2) is 19.5 Å². The van der Waals surface area contributed by atoms with Crippen LogP contribution in [0.25, 0.3) is 6.08 Å². The largest absolute Gasteiger partial charge is 0.489 e. The van der Waals surface area contributed by atoms with E-state index in [-0.39, 0.29) is 16.7 Å². The first kappa shape index (κ1) is 24.7. The molecule has 0 atom stereocenters. The summed E-state index contributed by atoms with van der Waals surface area (Å²) in [6.07, 6.45) is 3.09. The van der Waals surface area contributed by atoms with Crippen LogP contribution in [0.15, 0.2) is 94.4 Å². The van der Waals surface area contributed by atoms with E-state index in [2.05, 4.69) is 15.2 Å². The van der Waals surface area contributed by atoms with E-state index >= 15 is 0 Å². The van der Waals surface area contributed by atoms with Crippen molar-refractivity contribution in [3.05, 3.63) is 107 Å². The number of hydrogen-bond donors (Lipinski definition) is 2. The molecule has 0 aliphatic heterocycles. The number of sulfonamides is 1. The highest BCUT2D eigenvalue weighted by Crippen LogP contribution is 2.22. The smallest absolute Gasteiger partial charge is 0.264 e. The number of carbonyl (C=O) groups excluding carboxylic acids is 1. The zero-order chi connectivity index (χ0) is 25.5. The highest BCUT2D eigenvalue weighted by Gasteiger charge is 2.19. The Morgan fingerprint density at radius 3 is 2.31 bits per heavy atom. The third-order valence-electron chi connectivity index (χ3n) is 5.37. The number of aromatic nitrogens is 1. The third kappa shape index (κ3) is 6.39. The fourth-order valence-electron chi connectivity index (χ4n) is 3.18. The number of benzene rings is 3. The molecular formula is C27H25N3O5S. The standard InChI is InChI=1S/C27H25N3O5S/c1-19-20(2)29-35-27(19)30-36(32,33)25-15-11-23(12-16-25)28-26(31)17-10-21-8-13-24(14-9-21)34-18-22-6-4-3-5-7-22/h3-17,30H,18H2,1-2H3,(H,28,31). The second-order valence-electron chi connectivity index (χ2n) is 8.02. The molecule has 8 nitrogen and oxygen atoms in total. The maximum atomic E-state index is 12.6. The van der Waals surface area contributed by atoms with Gasteiger partial charge < -0.3 is 14.6 Å². The molecule has 0 bridgehead atoms. The van der Waals surface area contributed by atoms with Crippen molar-refractivity contribution in [2.75, 3.05) is 10.0 Å². The van der Waals surface area contributed by atoms with Gasteiger partial charge in [0.25, 0.3) is 10.0 Å². The molecule has 0 saturated carbocycles. The lowest BCUT2D eigenvalue weighted by Gasteiger charge is -2.07. The lowest BCUT2D eigenvalue weighted by atomic mass is 10.2. The Morgan fingerprint density at radius 1 is 0.972 bits per heavy atom. The van der Waals surface area contributed by atoms with Gasteiger partial charge in [-0.05, 0) is 67.4 Å². The molecule has 4 rings (SSSR count). The first-order valence-electron chi connectivity index (χ1n) is 11.1. The molecule has 9 heteroatoms. The first-order chi connectivity index (χ1) is 17.3. The number of ether oxygens (including phenoxy) is 1. The van der Waals surface area contributed by atoms with E-state index in [1.165, 1.54) is 30.3 Å². The SMILES string of the molecule is Cc1noc(NS(=O)(=O)c2ccc(NC(=O)C=Cc3ccc(OCc4ccccc4)cc3)cc2)c1C. The Morgan fingerprint density at radius 2 is 1.67 bits per heavy atom. The number of carbonyl (C=O) groups is 1. The molecule has 2 N–H and O–H groups in total. The molecule has 0 aliphatic carbocycles. The van der Waals surface area contributed by atoms with Crippen molar-refractivity contribution >= 4 is 33.6 Å². The quantitative estimate of drug-likeness (QED) is 0.299. The first-order valence-corrected chi connectivity index (χ1v) is 12.6. The fraction of sp³-hybridized carbons (Fsp3) is 0.111. The molecule has 0 radical (unpaired) electrons. The van der Waals surface area contributed by atoms with Crippen LogP contribution in [0.5, 0.6) is 5.75 Å². The van der Waals surface area contributed by atoms with Crippen LogP contribution < -0.4 is 14.8 Å². The van der Waals surface area contributed by atoms with E-state index < -0.39 is 10.0 Å². The van der Waals surface area contributed by atoms with Crippen LogP contribution in [-0.2, 0) is 21.4 Å². The van der Waals surface area contributed by atoms with Gasteiger partial charge in [0.15, 0.2) is 0 Å². The molecule has 0 spiro atoms. The highest BCUT2D eigenvalue weighted by atomic mass is 32.2. The Balaban J connectivity index is 1.30. The Labute approximate surface area is 209 Å². The van der Waals surface area contributed by atoms with Crippen LogP contribution in [0.3, 0.4) is 0 Å². The van der Waals surface area contributed by atoms with Crippen molar-refractivity contribution in [2.45, 2.75) is 25.3 Å². The number of anilines is 2. The van der Waals surface area contributed by atoms with Crippen molar-refractivity contribution in [3.8, 4) is 5.75 Å².